The second kappa shape index (κ2) is 6.43. The fourth-order valence-corrected chi connectivity index (χ4v) is 1.25. The third kappa shape index (κ3) is 3.93. The summed E-state index contributed by atoms with van der Waals surface area (Å²) in [5, 5.41) is 14.5. The minimum absolute atomic E-state index is 0.156. The molecule has 0 aromatic carbocycles. The summed E-state index contributed by atoms with van der Waals surface area (Å²) >= 11 is 0. The molecule has 0 atom stereocenters. The van der Waals surface area contributed by atoms with Crippen LogP contribution in [0.4, 0.5) is 10.5 Å². The molecule has 18 heavy (non-hydrogen) atoms. The van der Waals surface area contributed by atoms with Crippen LogP contribution in [-0.2, 0) is 0 Å². The molecule has 7 nitrogen and oxygen atoms in total. The second-order valence-electron chi connectivity index (χ2n) is 3.78. The van der Waals surface area contributed by atoms with Crippen LogP contribution in [0.5, 0.6) is 0 Å². The SMILES string of the molecule is CN(C)C(=O)NCCNc1cnccc1C(=O)O. The molecule has 1 heterocycles. The molecule has 0 spiro atoms. The van der Waals surface area contributed by atoms with Gasteiger partial charge < -0.3 is 20.6 Å². The minimum atomic E-state index is -1.02. The first kappa shape index (κ1) is 13.8. The number of carboxylic acid groups (broad SMARTS) is 1. The Hall–Kier alpha value is -2.31. The van der Waals surface area contributed by atoms with Crippen molar-refractivity contribution in [1.29, 1.82) is 0 Å². The number of nitrogens with zero attached hydrogens (tertiary/aromatic N) is 2. The van der Waals surface area contributed by atoms with Crippen molar-refractivity contribution in [2.24, 2.45) is 0 Å². The van der Waals surface area contributed by atoms with E-state index in [1.54, 1.807) is 14.1 Å². The second-order valence-corrected chi connectivity index (χ2v) is 3.78. The number of amides is 2. The molecule has 98 valence electrons. The summed E-state index contributed by atoms with van der Waals surface area (Å²) in [5.74, 6) is -1.02. The average Bonchev–Trinajstić information content (AvgIpc) is 2.34. The van der Waals surface area contributed by atoms with Gasteiger partial charge >= 0.3 is 12.0 Å². The molecule has 3 N–H and O–H groups in total. The van der Waals surface area contributed by atoms with Crippen molar-refractivity contribution < 1.29 is 14.7 Å². The Morgan fingerprint density at radius 3 is 2.72 bits per heavy atom. The van der Waals surface area contributed by atoms with Crippen molar-refractivity contribution in [1.82, 2.24) is 15.2 Å². The number of pyridine rings is 1. The zero-order valence-electron chi connectivity index (χ0n) is 10.3. The average molecular weight is 252 g/mol. The van der Waals surface area contributed by atoms with Crippen LogP contribution in [0.3, 0.4) is 0 Å². The van der Waals surface area contributed by atoms with Gasteiger partial charge in [-0.3, -0.25) is 4.98 Å². The van der Waals surface area contributed by atoms with Crippen molar-refractivity contribution in [2.75, 3.05) is 32.5 Å². The van der Waals surface area contributed by atoms with Crippen molar-refractivity contribution in [3.63, 3.8) is 0 Å². The first-order chi connectivity index (χ1) is 8.52. The lowest BCUT2D eigenvalue weighted by Crippen LogP contribution is -2.37. The summed E-state index contributed by atoms with van der Waals surface area (Å²) in [6.45, 7) is 0.816. The first-order valence-corrected chi connectivity index (χ1v) is 5.38. The normalized spacial score (nSPS) is 9.67. The molecule has 0 saturated carbocycles. The van der Waals surface area contributed by atoms with E-state index in [1.165, 1.54) is 23.4 Å². The van der Waals surface area contributed by atoms with Crippen LogP contribution in [0.25, 0.3) is 0 Å². The maximum absolute atomic E-state index is 11.2. The molecule has 0 unspecified atom stereocenters. The summed E-state index contributed by atoms with van der Waals surface area (Å²) in [6.07, 6.45) is 2.86. The number of nitrogens with one attached hydrogen (secondary N) is 2. The van der Waals surface area contributed by atoms with E-state index < -0.39 is 5.97 Å². The summed E-state index contributed by atoms with van der Waals surface area (Å²) in [4.78, 5) is 27.4. The molecule has 1 aromatic rings. The van der Waals surface area contributed by atoms with Gasteiger partial charge in [-0.25, -0.2) is 9.59 Å². The Balaban J connectivity index is 2.45. The molecule has 0 aliphatic heterocycles. The number of carbonyl (C=O) groups excluding carboxylic acids is 1. The number of aromatic carboxylic acids is 1. The molecule has 0 bridgehead atoms. The number of hydrogen-bond acceptors (Lipinski definition) is 4. The van der Waals surface area contributed by atoms with Crippen LogP contribution in [0.1, 0.15) is 10.4 Å². The highest BCUT2D eigenvalue weighted by molar-refractivity contribution is 5.93. The van der Waals surface area contributed by atoms with Crippen LogP contribution in [0.15, 0.2) is 18.5 Å². The van der Waals surface area contributed by atoms with Crippen LogP contribution in [0.2, 0.25) is 0 Å². The van der Waals surface area contributed by atoms with Crippen LogP contribution >= 0.6 is 0 Å². The first-order valence-electron chi connectivity index (χ1n) is 5.38. The van der Waals surface area contributed by atoms with Gasteiger partial charge in [-0.05, 0) is 6.07 Å². The topological polar surface area (TPSA) is 94.6 Å². The standard InChI is InChI=1S/C11H16N4O3/c1-15(2)11(18)14-6-5-13-9-7-12-4-3-8(9)10(16)17/h3-4,7,13H,5-6H2,1-2H3,(H,14,18)(H,16,17). The Labute approximate surface area is 105 Å². The van der Waals surface area contributed by atoms with Crippen LogP contribution < -0.4 is 10.6 Å². The third-order valence-electron chi connectivity index (χ3n) is 2.17. The Bertz CT molecular complexity index is 434. The van der Waals surface area contributed by atoms with E-state index in [-0.39, 0.29) is 11.6 Å². The number of anilines is 1. The van der Waals surface area contributed by atoms with Crippen molar-refractivity contribution in [3.05, 3.63) is 24.0 Å². The van der Waals surface area contributed by atoms with E-state index in [4.69, 9.17) is 5.11 Å². The van der Waals surface area contributed by atoms with E-state index in [2.05, 4.69) is 15.6 Å². The van der Waals surface area contributed by atoms with Gasteiger partial charge in [0.15, 0.2) is 0 Å². The number of urea groups is 1. The van der Waals surface area contributed by atoms with Gasteiger partial charge in [0.25, 0.3) is 0 Å². The maximum Gasteiger partial charge on any atom is 0.337 e. The van der Waals surface area contributed by atoms with Gasteiger partial charge in [-0.15, -0.1) is 0 Å². The largest absolute Gasteiger partial charge is 0.478 e. The molecule has 0 radical (unpaired) electrons. The number of rotatable bonds is 5. The van der Waals surface area contributed by atoms with E-state index in [9.17, 15) is 9.59 Å². The van der Waals surface area contributed by atoms with Gasteiger partial charge in [-0.2, -0.15) is 0 Å². The monoisotopic (exact) mass is 252 g/mol. The molecule has 1 rings (SSSR count). The molecule has 0 aliphatic rings. The lowest BCUT2D eigenvalue weighted by atomic mass is 10.2. The van der Waals surface area contributed by atoms with Crippen molar-refractivity contribution in [2.45, 2.75) is 0 Å². The molecule has 0 aliphatic carbocycles. The summed E-state index contributed by atoms with van der Waals surface area (Å²) in [5.41, 5.74) is 0.591. The number of aromatic nitrogens is 1. The molecular formula is C11H16N4O3. The summed E-state index contributed by atoms with van der Waals surface area (Å²) in [6, 6.07) is 1.23. The van der Waals surface area contributed by atoms with E-state index >= 15 is 0 Å². The van der Waals surface area contributed by atoms with E-state index in [0.717, 1.165) is 0 Å². The van der Waals surface area contributed by atoms with Gasteiger partial charge in [0.1, 0.15) is 0 Å². The lowest BCUT2D eigenvalue weighted by Gasteiger charge is -2.13. The number of carbonyl (C=O) groups is 2. The van der Waals surface area contributed by atoms with Gasteiger partial charge in [0, 0.05) is 33.4 Å². The quantitative estimate of drug-likeness (QED) is 0.662. The van der Waals surface area contributed by atoms with Gasteiger partial charge in [0.05, 0.1) is 17.4 Å². The molecule has 7 heteroatoms. The summed E-state index contributed by atoms with van der Waals surface area (Å²) < 4.78 is 0. The lowest BCUT2D eigenvalue weighted by molar-refractivity contribution is 0.0697. The minimum Gasteiger partial charge on any atom is -0.478 e. The van der Waals surface area contributed by atoms with Crippen molar-refractivity contribution >= 4 is 17.7 Å². The molecule has 0 saturated heterocycles. The smallest absolute Gasteiger partial charge is 0.337 e. The fraction of sp³-hybridized carbons (Fsp3) is 0.364. The highest BCUT2D eigenvalue weighted by Crippen LogP contribution is 2.12. The highest BCUT2D eigenvalue weighted by atomic mass is 16.4. The van der Waals surface area contributed by atoms with Crippen LogP contribution in [0, 0.1) is 0 Å². The predicted octanol–water partition coefficient (Wildman–Crippen LogP) is 0.463. The Kier molecular flexibility index (Phi) is 4.91. The zero-order chi connectivity index (χ0) is 13.5. The third-order valence-corrected chi connectivity index (χ3v) is 2.17. The Morgan fingerprint density at radius 2 is 2.11 bits per heavy atom. The van der Waals surface area contributed by atoms with E-state index in [0.29, 0.717) is 18.8 Å². The van der Waals surface area contributed by atoms with Gasteiger partial charge in [0.2, 0.25) is 0 Å². The highest BCUT2D eigenvalue weighted by Gasteiger charge is 2.08. The molecule has 2 amide bonds. The fourth-order valence-electron chi connectivity index (χ4n) is 1.25. The number of carboxylic acids is 1. The molecular weight excluding hydrogens is 236 g/mol. The molecule has 1 aromatic heterocycles. The maximum atomic E-state index is 11.2. The zero-order valence-corrected chi connectivity index (χ0v) is 10.3. The van der Waals surface area contributed by atoms with Crippen LogP contribution in [-0.4, -0.2) is 54.2 Å². The Morgan fingerprint density at radius 1 is 1.39 bits per heavy atom. The van der Waals surface area contributed by atoms with E-state index in [1.807, 2.05) is 0 Å². The molecule has 0 fully saturated rings. The van der Waals surface area contributed by atoms with Gasteiger partial charge in [-0.1, -0.05) is 0 Å². The predicted molar refractivity (Wildman–Crippen MR) is 66.8 cm³/mol. The summed E-state index contributed by atoms with van der Waals surface area (Å²) in [7, 11) is 3.29. The number of hydrogen-bond donors (Lipinski definition) is 3. The van der Waals surface area contributed by atoms with Crippen molar-refractivity contribution in [3.8, 4) is 0 Å².